The summed E-state index contributed by atoms with van der Waals surface area (Å²) < 4.78 is 1.85. The Bertz CT molecular complexity index is 344. The second kappa shape index (κ2) is 7.22. The van der Waals surface area contributed by atoms with E-state index in [4.69, 9.17) is 0 Å². The highest BCUT2D eigenvalue weighted by atomic mass is 16.1. The van der Waals surface area contributed by atoms with Gasteiger partial charge in [0.1, 0.15) is 5.78 Å². The molecular weight excluding hydrogens is 214 g/mol. The third-order valence-electron chi connectivity index (χ3n) is 2.60. The zero-order chi connectivity index (χ0) is 12.7. The monoisotopic (exact) mass is 237 g/mol. The minimum absolute atomic E-state index is 0.297. The van der Waals surface area contributed by atoms with Gasteiger partial charge in [0.25, 0.3) is 0 Å². The molecular formula is C13H23N3O. The highest BCUT2D eigenvalue weighted by molar-refractivity contribution is 5.80. The maximum Gasteiger partial charge on any atom is 0.137 e. The van der Waals surface area contributed by atoms with Gasteiger partial charge in [-0.15, -0.1) is 0 Å². The number of nitrogens with zero attached hydrogens (tertiary/aromatic N) is 2. The van der Waals surface area contributed by atoms with Crippen molar-refractivity contribution in [2.45, 2.75) is 52.6 Å². The van der Waals surface area contributed by atoms with E-state index in [0.29, 0.717) is 24.7 Å². The summed E-state index contributed by atoms with van der Waals surface area (Å²) in [5.74, 6) is 0.297. The molecule has 1 N–H and O–H groups in total. The van der Waals surface area contributed by atoms with Crippen molar-refractivity contribution in [2.75, 3.05) is 6.54 Å². The summed E-state index contributed by atoms with van der Waals surface area (Å²) in [6, 6.07) is 0.493. The van der Waals surface area contributed by atoms with Crippen LogP contribution in [0.5, 0.6) is 0 Å². The summed E-state index contributed by atoms with van der Waals surface area (Å²) in [4.78, 5) is 11.7. The third-order valence-corrected chi connectivity index (χ3v) is 2.60. The van der Waals surface area contributed by atoms with Crippen LogP contribution in [-0.4, -0.2) is 28.2 Å². The minimum Gasteiger partial charge on any atom is -0.315 e. The molecule has 4 heteroatoms. The Hall–Kier alpha value is -1.16. The molecule has 1 rings (SSSR count). The molecule has 0 aliphatic carbocycles. The summed E-state index contributed by atoms with van der Waals surface area (Å²) in [5.41, 5.74) is 1.02. The number of aryl methyl sites for hydroxylation is 1. The van der Waals surface area contributed by atoms with E-state index in [2.05, 4.69) is 24.3 Å². The highest BCUT2D eigenvalue weighted by Gasteiger charge is 2.05. The molecule has 0 amide bonds. The molecule has 1 heterocycles. The average molecular weight is 237 g/mol. The van der Waals surface area contributed by atoms with Gasteiger partial charge in [-0.25, -0.2) is 0 Å². The zero-order valence-corrected chi connectivity index (χ0v) is 11.1. The van der Waals surface area contributed by atoms with Gasteiger partial charge in [0.2, 0.25) is 0 Å². The van der Waals surface area contributed by atoms with Gasteiger partial charge in [0.05, 0.1) is 6.20 Å². The number of hydrogen-bond acceptors (Lipinski definition) is 3. The van der Waals surface area contributed by atoms with E-state index in [-0.39, 0.29) is 0 Å². The molecule has 1 aromatic heterocycles. The fraction of sp³-hybridized carbons (Fsp3) is 0.692. The van der Waals surface area contributed by atoms with Crippen molar-refractivity contribution in [3.8, 4) is 0 Å². The van der Waals surface area contributed by atoms with Crippen molar-refractivity contribution in [1.82, 2.24) is 15.1 Å². The minimum atomic E-state index is 0.297. The van der Waals surface area contributed by atoms with Gasteiger partial charge in [0.15, 0.2) is 0 Å². The van der Waals surface area contributed by atoms with Crippen molar-refractivity contribution in [1.29, 1.82) is 0 Å². The molecule has 0 atom stereocenters. The summed E-state index contributed by atoms with van der Waals surface area (Å²) in [6.45, 7) is 8.03. The SMILES string of the molecule is CCn1cc(CC(=O)CCCNC(C)C)cn1. The van der Waals surface area contributed by atoms with Crippen LogP contribution >= 0.6 is 0 Å². The van der Waals surface area contributed by atoms with Crippen molar-refractivity contribution >= 4 is 5.78 Å². The Morgan fingerprint density at radius 2 is 2.29 bits per heavy atom. The molecule has 0 aromatic carbocycles. The van der Waals surface area contributed by atoms with Crippen LogP contribution in [0.4, 0.5) is 0 Å². The summed E-state index contributed by atoms with van der Waals surface area (Å²) in [5, 5.41) is 7.47. The molecule has 0 unspecified atom stereocenters. The number of rotatable bonds is 8. The van der Waals surface area contributed by atoms with E-state index in [1.54, 1.807) is 6.20 Å². The topological polar surface area (TPSA) is 46.9 Å². The first-order valence-electron chi connectivity index (χ1n) is 6.38. The molecule has 96 valence electrons. The molecule has 0 aliphatic rings. The largest absolute Gasteiger partial charge is 0.315 e. The maximum absolute atomic E-state index is 11.7. The molecule has 4 nitrogen and oxygen atoms in total. The van der Waals surface area contributed by atoms with Crippen LogP contribution < -0.4 is 5.32 Å². The van der Waals surface area contributed by atoms with Crippen LogP contribution in [0.2, 0.25) is 0 Å². The highest BCUT2D eigenvalue weighted by Crippen LogP contribution is 2.02. The van der Waals surface area contributed by atoms with E-state index in [1.807, 2.05) is 17.8 Å². The second-order valence-corrected chi connectivity index (χ2v) is 4.63. The number of aromatic nitrogens is 2. The number of hydrogen-bond donors (Lipinski definition) is 1. The van der Waals surface area contributed by atoms with Crippen LogP contribution in [-0.2, 0) is 17.8 Å². The normalized spacial score (nSPS) is 11.1. The van der Waals surface area contributed by atoms with E-state index < -0.39 is 0 Å². The Balaban J connectivity index is 2.20. The third kappa shape index (κ3) is 5.63. The van der Waals surface area contributed by atoms with Crippen LogP contribution in [0.25, 0.3) is 0 Å². The first-order valence-corrected chi connectivity index (χ1v) is 6.38. The Labute approximate surface area is 103 Å². The van der Waals surface area contributed by atoms with E-state index >= 15 is 0 Å². The van der Waals surface area contributed by atoms with Gasteiger partial charge in [-0.05, 0) is 25.5 Å². The molecule has 0 aliphatic heterocycles. The summed E-state index contributed by atoms with van der Waals surface area (Å²) in [7, 11) is 0. The van der Waals surface area contributed by atoms with Gasteiger partial charge in [0, 0.05) is 31.6 Å². The summed E-state index contributed by atoms with van der Waals surface area (Å²) >= 11 is 0. The molecule has 17 heavy (non-hydrogen) atoms. The smallest absolute Gasteiger partial charge is 0.137 e. The number of ketones is 1. The van der Waals surface area contributed by atoms with Crippen LogP contribution in [0.3, 0.4) is 0 Å². The first kappa shape index (κ1) is 13.9. The van der Waals surface area contributed by atoms with Crippen molar-refractivity contribution in [3.05, 3.63) is 18.0 Å². The van der Waals surface area contributed by atoms with Gasteiger partial charge in [-0.3, -0.25) is 9.48 Å². The predicted octanol–water partition coefficient (Wildman–Crippen LogP) is 1.79. The van der Waals surface area contributed by atoms with Gasteiger partial charge in [-0.2, -0.15) is 5.10 Å². The average Bonchev–Trinajstić information content (AvgIpc) is 2.72. The number of carbonyl (C=O) groups excluding carboxylic acids is 1. The lowest BCUT2D eigenvalue weighted by Crippen LogP contribution is -2.24. The van der Waals surface area contributed by atoms with Crippen LogP contribution in [0.1, 0.15) is 39.2 Å². The zero-order valence-electron chi connectivity index (χ0n) is 11.1. The van der Waals surface area contributed by atoms with Crippen molar-refractivity contribution in [3.63, 3.8) is 0 Å². The molecule has 0 saturated carbocycles. The molecule has 0 bridgehead atoms. The molecule has 0 saturated heterocycles. The first-order chi connectivity index (χ1) is 8.11. The Morgan fingerprint density at radius 3 is 2.88 bits per heavy atom. The second-order valence-electron chi connectivity index (χ2n) is 4.63. The van der Waals surface area contributed by atoms with Crippen molar-refractivity contribution in [2.24, 2.45) is 0 Å². The Kier molecular flexibility index (Phi) is 5.91. The quantitative estimate of drug-likeness (QED) is 0.701. The van der Waals surface area contributed by atoms with E-state index in [9.17, 15) is 4.79 Å². The number of nitrogens with one attached hydrogen (secondary N) is 1. The van der Waals surface area contributed by atoms with Crippen molar-refractivity contribution < 1.29 is 4.79 Å². The number of carbonyl (C=O) groups is 1. The van der Waals surface area contributed by atoms with E-state index in [0.717, 1.165) is 25.1 Å². The fourth-order valence-corrected chi connectivity index (χ4v) is 1.66. The molecule has 0 radical (unpaired) electrons. The van der Waals surface area contributed by atoms with Gasteiger partial charge < -0.3 is 5.32 Å². The lowest BCUT2D eigenvalue weighted by atomic mass is 10.1. The maximum atomic E-state index is 11.7. The number of Topliss-reactive ketones (excluding diaryl/α,β-unsaturated/α-hetero) is 1. The van der Waals surface area contributed by atoms with E-state index in [1.165, 1.54) is 0 Å². The summed E-state index contributed by atoms with van der Waals surface area (Å²) in [6.07, 6.45) is 5.82. The van der Waals surface area contributed by atoms with Crippen LogP contribution in [0, 0.1) is 0 Å². The lowest BCUT2D eigenvalue weighted by molar-refractivity contribution is -0.118. The molecule has 0 spiro atoms. The molecule has 0 fully saturated rings. The fourth-order valence-electron chi connectivity index (χ4n) is 1.66. The Morgan fingerprint density at radius 1 is 1.53 bits per heavy atom. The van der Waals surface area contributed by atoms with Crippen LogP contribution in [0.15, 0.2) is 12.4 Å². The standard InChI is InChI=1S/C13H23N3O/c1-4-16-10-12(9-15-16)8-13(17)6-5-7-14-11(2)3/h9-11,14H,4-8H2,1-3H3. The van der Waals surface area contributed by atoms with Gasteiger partial charge >= 0.3 is 0 Å². The lowest BCUT2D eigenvalue weighted by Gasteiger charge is -2.06. The molecule has 1 aromatic rings. The predicted molar refractivity (Wildman–Crippen MR) is 69.0 cm³/mol. The van der Waals surface area contributed by atoms with Gasteiger partial charge in [-0.1, -0.05) is 13.8 Å².